The lowest BCUT2D eigenvalue weighted by molar-refractivity contribution is -0.158. The van der Waals surface area contributed by atoms with Gasteiger partial charge in [-0.3, -0.25) is 9.59 Å². The van der Waals surface area contributed by atoms with E-state index in [2.05, 4.69) is 33.8 Å². The van der Waals surface area contributed by atoms with E-state index in [0.29, 0.717) is 24.5 Å². The van der Waals surface area contributed by atoms with Crippen molar-refractivity contribution < 1.29 is 24.9 Å². The molecule has 3 N–H and O–H groups in total. The van der Waals surface area contributed by atoms with Gasteiger partial charge in [-0.15, -0.1) is 0 Å². The molecular formula is C41H60O5. The van der Waals surface area contributed by atoms with E-state index in [4.69, 9.17) is 0 Å². The van der Waals surface area contributed by atoms with Crippen LogP contribution >= 0.6 is 0 Å². The third kappa shape index (κ3) is 4.56. The first-order valence-corrected chi connectivity index (χ1v) is 19.0. The third-order valence-electron chi connectivity index (χ3n) is 16.6. The van der Waals surface area contributed by atoms with Gasteiger partial charge in [0.2, 0.25) is 0 Å². The van der Waals surface area contributed by atoms with Gasteiger partial charge in [0.15, 0.2) is 12.1 Å². The van der Waals surface area contributed by atoms with E-state index in [1.54, 1.807) is 6.08 Å². The number of allylic oxidation sites excluding steroid dienone is 6. The van der Waals surface area contributed by atoms with Crippen molar-refractivity contribution in [3.8, 4) is 0 Å². The van der Waals surface area contributed by atoms with Crippen LogP contribution in [0.15, 0.2) is 34.9 Å². The molecule has 0 radical (unpaired) electrons. The maximum absolute atomic E-state index is 12.1. The van der Waals surface area contributed by atoms with Gasteiger partial charge in [0.25, 0.3) is 0 Å². The minimum Gasteiger partial charge on any atom is -0.393 e. The summed E-state index contributed by atoms with van der Waals surface area (Å²) in [5.74, 6) is 4.04. The summed E-state index contributed by atoms with van der Waals surface area (Å²) in [5, 5.41) is 33.2. The van der Waals surface area contributed by atoms with Crippen molar-refractivity contribution in [3.05, 3.63) is 34.9 Å². The largest absolute Gasteiger partial charge is 0.393 e. The summed E-state index contributed by atoms with van der Waals surface area (Å²) in [4.78, 5) is 23.4. The summed E-state index contributed by atoms with van der Waals surface area (Å²) < 4.78 is 0. The highest BCUT2D eigenvalue weighted by Gasteiger charge is 2.65. The molecule has 8 aliphatic rings. The van der Waals surface area contributed by atoms with Crippen molar-refractivity contribution in [1.29, 1.82) is 0 Å². The standard InChI is InChI=1S/C21H28O4.C20H32O/c1-19-9-12(11-22)16(23)8-13(19)4-5-14-15-6-7-21(3,25)20(15,2)10-17(24)18(14)19;1-3-20(21)13-11-18-17-9-8-14-6-4-5-7-15(14)16(17)10-12-19(18,20)2/h8-9,11,14-15,17-18,24-25H,4-7,10H2,1-3H3;6,15-18,21H,3-5,7-13H2,1-2H3/t14-,15-,17+,18+,19-,20-,21-;15-,16+,17+,18-,19-,20-/m00/s1. The number of aliphatic hydroxyl groups is 3. The molecule has 0 aromatic heterocycles. The first kappa shape index (κ1) is 33.0. The van der Waals surface area contributed by atoms with Crippen molar-refractivity contribution in [2.45, 2.75) is 148 Å². The van der Waals surface area contributed by atoms with Crippen LogP contribution in [0.25, 0.3) is 0 Å². The molecule has 0 amide bonds. The number of hydrogen-bond acceptors (Lipinski definition) is 5. The van der Waals surface area contributed by atoms with Crippen molar-refractivity contribution in [1.82, 2.24) is 0 Å². The molecule has 0 aromatic rings. The Morgan fingerprint density at radius 2 is 1.59 bits per heavy atom. The third-order valence-corrected chi connectivity index (χ3v) is 16.6. The highest BCUT2D eigenvalue weighted by molar-refractivity contribution is 6.18. The number of carbonyl (C=O) groups excluding carboxylic acids is 2. The zero-order valence-corrected chi connectivity index (χ0v) is 29.2. The highest BCUT2D eigenvalue weighted by atomic mass is 16.3. The molecule has 0 saturated heterocycles. The maximum atomic E-state index is 12.1. The number of ketones is 1. The van der Waals surface area contributed by atoms with Crippen LogP contribution in [0.2, 0.25) is 0 Å². The first-order chi connectivity index (χ1) is 21.7. The van der Waals surface area contributed by atoms with Crippen LogP contribution in [0.3, 0.4) is 0 Å². The second kappa shape index (κ2) is 11.2. The van der Waals surface area contributed by atoms with E-state index in [9.17, 15) is 24.9 Å². The summed E-state index contributed by atoms with van der Waals surface area (Å²) in [6.07, 6.45) is 23.1. The van der Waals surface area contributed by atoms with Crippen LogP contribution < -0.4 is 0 Å². The molecule has 0 spiro atoms. The number of hydrogen-bond donors (Lipinski definition) is 3. The van der Waals surface area contributed by atoms with Gasteiger partial charge < -0.3 is 15.3 Å². The molecule has 13 atom stereocenters. The summed E-state index contributed by atoms with van der Waals surface area (Å²) >= 11 is 0. The highest BCUT2D eigenvalue weighted by Crippen LogP contribution is 2.68. The van der Waals surface area contributed by atoms with Gasteiger partial charge >= 0.3 is 0 Å². The van der Waals surface area contributed by atoms with Gasteiger partial charge in [-0.2, -0.15) is 0 Å². The number of aliphatic hydroxyl groups excluding tert-OH is 1. The molecule has 8 rings (SSSR count). The fourth-order valence-corrected chi connectivity index (χ4v) is 13.8. The van der Waals surface area contributed by atoms with E-state index in [0.717, 1.165) is 67.8 Å². The van der Waals surface area contributed by atoms with Crippen molar-refractivity contribution in [3.63, 3.8) is 0 Å². The summed E-state index contributed by atoms with van der Waals surface area (Å²) in [7, 11) is 0. The van der Waals surface area contributed by atoms with Crippen LogP contribution in [-0.2, 0) is 9.59 Å². The Hall–Kier alpha value is -1.56. The van der Waals surface area contributed by atoms with Crippen molar-refractivity contribution in [2.24, 2.45) is 57.7 Å². The van der Waals surface area contributed by atoms with Gasteiger partial charge in [-0.25, -0.2) is 0 Å². The van der Waals surface area contributed by atoms with Crippen LogP contribution in [0.5, 0.6) is 0 Å². The molecule has 8 aliphatic carbocycles. The second-order valence-electron chi connectivity index (χ2n) is 18.0. The quantitative estimate of drug-likeness (QED) is 0.165. The maximum Gasteiger partial charge on any atom is 0.188 e. The summed E-state index contributed by atoms with van der Waals surface area (Å²) in [6.45, 7) is 10.7. The van der Waals surface area contributed by atoms with Gasteiger partial charge in [-0.05, 0) is 150 Å². The predicted molar refractivity (Wildman–Crippen MR) is 181 cm³/mol. The van der Waals surface area contributed by atoms with Crippen LogP contribution in [0.4, 0.5) is 0 Å². The smallest absolute Gasteiger partial charge is 0.188 e. The van der Waals surface area contributed by atoms with E-state index >= 15 is 0 Å². The van der Waals surface area contributed by atoms with E-state index in [1.807, 2.05) is 18.6 Å². The molecule has 5 nitrogen and oxygen atoms in total. The molecule has 5 heteroatoms. The van der Waals surface area contributed by atoms with Crippen molar-refractivity contribution >= 4 is 12.1 Å². The molecular weight excluding hydrogens is 572 g/mol. The Balaban J connectivity index is 0.000000149. The monoisotopic (exact) mass is 632 g/mol. The minimum atomic E-state index is -0.743. The van der Waals surface area contributed by atoms with Gasteiger partial charge in [-0.1, -0.05) is 51.0 Å². The Labute approximate surface area is 277 Å². The van der Waals surface area contributed by atoms with Gasteiger partial charge in [0.05, 0.1) is 22.9 Å². The number of rotatable bonds is 2. The molecule has 6 saturated carbocycles. The number of fused-ring (bicyclic) bond motifs is 10. The summed E-state index contributed by atoms with van der Waals surface area (Å²) in [5.41, 5.74) is 1.46. The SMILES string of the molecule is CC[C@]1(O)CC[C@H]2[C@@H]3CCC4=CCCC[C@@H]4[C@H]3CC[C@@]21C.C[C@]12C=C(C=O)C(=O)C=C1CC[C@@H]1[C@@H]2[C@H](O)C[C@@]2(C)[C@H]1CC[C@]2(C)O. The molecule has 6 fully saturated rings. The Kier molecular flexibility index (Phi) is 8.05. The molecule has 0 aromatic carbocycles. The van der Waals surface area contributed by atoms with E-state index < -0.39 is 17.1 Å². The lowest BCUT2D eigenvalue weighted by atomic mass is 9.46. The average Bonchev–Trinajstić information content (AvgIpc) is 3.44. The van der Waals surface area contributed by atoms with Crippen LogP contribution in [0, 0.1) is 57.7 Å². The Bertz CT molecular complexity index is 1360. The first-order valence-electron chi connectivity index (χ1n) is 19.0. The van der Waals surface area contributed by atoms with Crippen molar-refractivity contribution in [2.75, 3.05) is 0 Å². The lowest BCUT2D eigenvalue weighted by Gasteiger charge is -2.59. The summed E-state index contributed by atoms with van der Waals surface area (Å²) in [6, 6.07) is 0. The van der Waals surface area contributed by atoms with Gasteiger partial charge in [0.1, 0.15) is 0 Å². The van der Waals surface area contributed by atoms with E-state index in [-0.39, 0.29) is 33.7 Å². The topological polar surface area (TPSA) is 94.8 Å². The molecule has 0 unspecified atom stereocenters. The molecule has 0 heterocycles. The normalized spacial score (nSPS) is 52.2. The second-order valence-corrected chi connectivity index (χ2v) is 18.0. The zero-order chi connectivity index (χ0) is 32.9. The number of aldehydes is 1. The molecule has 0 bridgehead atoms. The van der Waals surface area contributed by atoms with Crippen LogP contribution in [0.1, 0.15) is 131 Å². The number of carbonyl (C=O) groups is 2. The Morgan fingerprint density at radius 1 is 0.870 bits per heavy atom. The predicted octanol–water partition coefficient (Wildman–Crippen LogP) is 7.68. The van der Waals surface area contributed by atoms with E-state index in [1.165, 1.54) is 51.4 Å². The fraction of sp³-hybridized carbons (Fsp3) is 0.805. The van der Waals surface area contributed by atoms with Crippen LogP contribution in [-0.4, -0.2) is 44.7 Å². The average molecular weight is 633 g/mol. The molecule has 0 aliphatic heterocycles. The fourth-order valence-electron chi connectivity index (χ4n) is 13.8. The Morgan fingerprint density at radius 3 is 2.33 bits per heavy atom. The molecule has 46 heavy (non-hydrogen) atoms. The van der Waals surface area contributed by atoms with Gasteiger partial charge in [0, 0.05) is 16.7 Å². The lowest BCUT2D eigenvalue weighted by Crippen LogP contribution is -2.58. The zero-order valence-electron chi connectivity index (χ0n) is 29.2. The molecule has 254 valence electrons. The minimum absolute atomic E-state index is 0.00234.